The Morgan fingerprint density at radius 3 is 2.58 bits per heavy atom. The van der Waals surface area contributed by atoms with Crippen molar-refractivity contribution in [3.63, 3.8) is 0 Å². The maximum Gasteiger partial charge on any atom is 0.236 e. The molecule has 0 N–H and O–H groups in total. The molecule has 0 saturated heterocycles. The summed E-state index contributed by atoms with van der Waals surface area (Å²) in [6, 6.07) is 0. The third-order valence-corrected chi connectivity index (χ3v) is 2.38. The van der Waals surface area contributed by atoms with Gasteiger partial charge in [0, 0.05) is 6.61 Å². The van der Waals surface area contributed by atoms with Crippen molar-refractivity contribution >= 4 is 5.78 Å². The number of terminal acetylenes is 1. The lowest BCUT2D eigenvalue weighted by atomic mass is 9.97. The topological polar surface area (TPSA) is 26.3 Å². The van der Waals surface area contributed by atoms with Crippen LogP contribution >= 0.6 is 0 Å². The van der Waals surface area contributed by atoms with E-state index in [0.717, 1.165) is 25.7 Å². The molecule has 2 nitrogen and oxygen atoms in total. The highest BCUT2D eigenvalue weighted by Crippen LogP contribution is 2.33. The van der Waals surface area contributed by atoms with E-state index in [4.69, 9.17) is 11.2 Å². The first kappa shape index (κ1) is 9.28. The van der Waals surface area contributed by atoms with Crippen LogP contribution in [-0.2, 0) is 9.53 Å². The molecule has 0 heterocycles. The first-order valence-electron chi connectivity index (χ1n) is 4.40. The highest BCUT2D eigenvalue weighted by atomic mass is 16.5. The summed E-state index contributed by atoms with van der Waals surface area (Å²) < 4.78 is 5.45. The summed E-state index contributed by atoms with van der Waals surface area (Å²) in [5.74, 6) is 1.99. The number of carbonyl (C=O) groups is 1. The fraction of sp³-hybridized carbons (Fsp3) is 0.700. The van der Waals surface area contributed by atoms with Gasteiger partial charge in [-0.25, -0.2) is 0 Å². The van der Waals surface area contributed by atoms with Crippen LogP contribution in [0, 0.1) is 12.3 Å². The summed E-state index contributed by atoms with van der Waals surface area (Å²) in [5.41, 5.74) is -0.622. The van der Waals surface area contributed by atoms with Gasteiger partial charge in [-0.3, -0.25) is 4.79 Å². The van der Waals surface area contributed by atoms with Crippen LogP contribution in [0.15, 0.2) is 0 Å². The van der Waals surface area contributed by atoms with Gasteiger partial charge in [-0.2, -0.15) is 0 Å². The fourth-order valence-corrected chi connectivity index (χ4v) is 1.79. The summed E-state index contributed by atoms with van der Waals surface area (Å²) in [7, 11) is 0. The molecule has 12 heavy (non-hydrogen) atoms. The second-order valence-electron chi connectivity index (χ2n) is 3.11. The lowest BCUT2D eigenvalue weighted by Gasteiger charge is -2.24. The second-order valence-corrected chi connectivity index (χ2v) is 3.11. The van der Waals surface area contributed by atoms with Gasteiger partial charge in [0.25, 0.3) is 0 Å². The van der Waals surface area contributed by atoms with Gasteiger partial charge in [-0.05, 0) is 38.5 Å². The van der Waals surface area contributed by atoms with Gasteiger partial charge >= 0.3 is 0 Å². The smallest absolute Gasteiger partial charge is 0.236 e. The van der Waals surface area contributed by atoms with Crippen molar-refractivity contribution in [3.05, 3.63) is 0 Å². The summed E-state index contributed by atoms with van der Waals surface area (Å²) in [4.78, 5) is 11.4. The van der Waals surface area contributed by atoms with E-state index in [1.54, 1.807) is 0 Å². The Hall–Kier alpha value is -0.810. The van der Waals surface area contributed by atoms with Crippen LogP contribution in [0.25, 0.3) is 0 Å². The zero-order valence-electron chi connectivity index (χ0n) is 7.43. The predicted octanol–water partition coefficient (Wildman–Crippen LogP) is 1.54. The zero-order chi connectivity index (χ0) is 9.03. The minimum atomic E-state index is -0.622. The normalized spacial score (nSPS) is 20.3. The van der Waals surface area contributed by atoms with Crippen molar-refractivity contribution in [1.82, 2.24) is 0 Å². The molecule has 1 rings (SSSR count). The summed E-state index contributed by atoms with van der Waals surface area (Å²) >= 11 is 0. The van der Waals surface area contributed by atoms with E-state index in [-0.39, 0.29) is 5.78 Å². The molecule has 0 aromatic carbocycles. The van der Waals surface area contributed by atoms with E-state index in [1.807, 2.05) is 6.92 Å². The van der Waals surface area contributed by atoms with Crippen LogP contribution in [0.2, 0.25) is 0 Å². The summed E-state index contributed by atoms with van der Waals surface area (Å²) in [6.07, 6.45) is 8.78. The van der Waals surface area contributed by atoms with Gasteiger partial charge in [0.05, 0.1) is 0 Å². The van der Waals surface area contributed by atoms with E-state index in [2.05, 4.69) is 5.92 Å². The van der Waals surface area contributed by atoms with Crippen LogP contribution in [-0.4, -0.2) is 18.0 Å². The van der Waals surface area contributed by atoms with Gasteiger partial charge in [0.2, 0.25) is 5.78 Å². The van der Waals surface area contributed by atoms with Crippen LogP contribution in [0.1, 0.15) is 32.6 Å². The minimum Gasteiger partial charge on any atom is -0.366 e. The highest BCUT2D eigenvalue weighted by Gasteiger charge is 2.40. The molecule has 0 aromatic heterocycles. The molecule has 1 aliphatic carbocycles. The lowest BCUT2D eigenvalue weighted by Crippen LogP contribution is -2.37. The first-order chi connectivity index (χ1) is 5.75. The van der Waals surface area contributed by atoms with Crippen LogP contribution < -0.4 is 0 Å². The molecule has 0 unspecified atom stereocenters. The maximum absolute atomic E-state index is 11.4. The van der Waals surface area contributed by atoms with E-state index in [1.165, 1.54) is 0 Å². The van der Waals surface area contributed by atoms with Crippen molar-refractivity contribution in [2.45, 2.75) is 38.2 Å². The molecule has 2 heteroatoms. The van der Waals surface area contributed by atoms with Crippen LogP contribution in [0.5, 0.6) is 0 Å². The van der Waals surface area contributed by atoms with Crippen molar-refractivity contribution < 1.29 is 9.53 Å². The molecule has 1 aliphatic rings. The molecule has 1 saturated carbocycles. The molecule has 0 radical (unpaired) electrons. The largest absolute Gasteiger partial charge is 0.366 e. The van der Waals surface area contributed by atoms with Crippen molar-refractivity contribution in [2.24, 2.45) is 0 Å². The average molecular weight is 166 g/mol. The summed E-state index contributed by atoms with van der Waals surface area (Å²) in [6.45, 7) is 2.46. The molecule has 1 fully saturated rings. The molecule has 0 spiro atoms. The lowest BCUT2D eigenvalue weighted by molar-refractivity contribution is -0.137. The van der Waals surface area contributed by atoms with Gasteiger partial charge in [-0.1, -0.05) is 0 Å². The zero-order valence-corrected chi connectivity index (χ0v) is 7.43. The van der Waals surface area contributed by atoms with Crippen molar-refractivity contribution in [3.8, 4) is 12.3 Å². The Morgan fingerprint density at radius 2 is 2.17 bits per heavy atom. The van der Waals surface area contributed by atoms with Crippen molar-refractivity contribution in [1.29, 1.82) is 0 Å². The molecule has 0 aliphatic heterocycles. The molecule has 0 bridgehead atoms. The second kappa shape index (κ2) is 3.73. The van der Waals surface area contributed by atoms with Crippen molar-refractivity contribution in [2.75, 3.05) is 6.61 Å². The first-order valence-corrected chi connectivity index (χ1v) is 4.40. The highest BCUT2D eigenvalue weighted by molar-refractivity contribution is 6.01. The Kier molecular flexibility index (Phi) is 2.88. The molecular weight excluding hydrogens is 152 g/mol. The fourth-order valence-electron chi connectivity index (χ4n) is 1.79. The molecular formula is C10H14O2. The number of Topliss-reactive ketones (excluding diaryl/α,β-unsaturated/α-hetero) is 1. The number of ketones is 1. The standard InChI is InChI=1S/C10H14O2/c1-3-9(11)10(12-4-2)7-5-6-8-10/h1H,4-8H2,2H3. The van der Waals surface area contributed by atoms with Gasteiger partial charge in [0.1, 0.15) is 5.60 Å². The van der Waals surface area contributed by atoms with E-state index in [0.29, 0.717) is 6.61 Å². The van der Waals surface area contributed by atoms with Gasteiger partial charge in [-0.15, -0.1) is 6.42 Å². The maximum atomic E-state index is 11.4. The van der Waals surface area contributed by atoms with E-state index < -0.39 is 5.60 Å². The molecule has 0 atom stereocenters. The molecule has 0 amide bonds. The van der Waals surface area contributed by atoms with E-state index in [9.17, 15) is 4.79 Å². The Labute approximate surface area is 73.3 Å². The number of ether oxygens (including phenoxy) is 1. The number of rotatable bonds is 3. The SMILES string of the molecule is C#CC(=O)C1(OCC)CCCC1. The minimum absolute atomic E-state index is 0.179. The Morgan fingerprint density at radius 1 is 1.58 bits per heavy atom. The third kappa shape index (κ3) is 1.51. The number of carbonyl (C=O) groups excluding carboxylic acids is 1. The Bertz CT molecular complexity index is 206. The molecule has 66 valence electrons. The third-order valence-electron chi connectivity index (χ3n) is 2.38. The summed E-state index contributed by atoms with van der Waals surface area (Å²) in [5, 5.41) is 0. The van der Waals surface area contributed by atoms with Crippen LogP contribution in [0.4, 0.5) is 0 Å². The van der Waals surface area contributed by atoms with Gasteiger partial charge in [0.15, 0.2) is 0 Å². The monoisotopic (exact) mass is 166 g/mol. The van der Waals surface area contributed by atoms with Gasteiger partial charge < -0.3 is 4.74 Å². The Balaban J connectivity index is 2.72. The van der Waals surface area contributed by atoms with Crippen LogP contribution in [0.3, 0.4) is 0 Å². The molecule has 0 aromatic rings. The number of hydrogen-bond acceptors (Lipinski definition) is 2. The number of hydrogen-bond donors (Lipinski definition) is 0. The average Bonchev–Trinajstić information content (AvgIpc) is 2.53. The quantitative estimate of drug-likeness (QED) is 0.469. The predicted molar refractivity (Wildman–Crippen MR) is 46.7 cm³/mol. The van der Waals surface area contributed by atoms with E-state index >= 15 is 0 Å².